The zero-order valence-corrected chi connectivity index (χ0v) is 18.4. The molecule has 8 heteroatoms. The number of fused-ring (bicyclic) bond motifs is 1. The Bertz CT molecular complexity index is 1270. The Morgan fingerprint density at radius 2 is 2.09 bits per heavy atom. The first-order valence-corrected chi connectivity index (χ1v) is 10.8. The molecule has 1 fully saturated rings. The Labute approximate surface area is 186 Å². The molecular weight excluding hydrogens is 404 g/mol. The maximum atomic E-state index is 11.6. The molecule has 8 nitrogen and oxygen atoms in total. The van der Waals surface area contributed by atoms with Crippen molar-refractivity contribution in [1.29, 1.82) is 0 Å². The maximum Gasteiger partial charge on any atom is 0.225 e. The molecule has 4 heterocycles. The first kappa shape index (κ1) is 20.2. The van der Waals surface area contributed by atoms with Crippen molar-refractivity contribution in [3.05, 3.63) is 60.3 Å². The largest absolute Gasteiger partial charge is 0.474 e. The summed E-state index contributed by atoms with van der Waals surface area (Å²) in [7, 11) is 1.89. The van der Waals surface area contributed by atoms with Crippen LogP contribution in [0.1, 0.15) is 24.7 Å². The van der Waals surface area contributed by atoms with E-state index in [1.54, 1.807) is 4.68 Å². The molecule has 1 amide bonds. The van der Waals surface area contributed by atoms with Crippen LogP contribution in [-0.4, -0.2) is 42.9 Å². The van der Waals surface area contributed by atoms with E-state index in [2.05, 4.69) is 44.2 Å². The summed E-state index contributed by atoms with van der Waals surface area (Å²) in [5, 5.41) is 8.32. The summed E-state index contributed by atoms with van der Waals surface area (Å²) in [5.74, 6) is 1.75. The van der Waals surface area contributed by atoms with E-state index in [1.165, 1.54) is 5.56 Å². The van der Waals surface area contributed by atoms with Crippen LogP contribution in [-0.2, 0) is 18.4 Å². The third kappa shape index (κ3) is 3.95. The highest BCUT2D eigenvalue weighted by atomic mass is 16.5. The summed E-state index contributed by atoms with van der Waals surface area (Å²) < 4.78 is 10.2. The minimum absolute atomic E-state index is 0.0738. The monoisotopic (exact) mass is 430 g/mol. The van der Waals surface area contributed by atoms with Crippen LogP contribution in [0.3, 0.4) is 0 Å². The molecule has 1 N–H and O–H groups in total. The molecule has 1 aliphatic heterocycles. The van der Waals surface area contributed by atoms with E-state index in [4.69, 9.17) is 9.72 Å². The van der Waals surface area contributed by atoms with Gasteiger partial charge in [0.05, 0.1) is 16.6 Å². The molecule has 0 radical (unpaired) electrons. The Balaban J connectivity index is 1.43. The molecule has 0 bridgehead atoms. The summed E-state index contributed by atoms with van der Waals surface area (Å²) in [4.78, 5) is 20.7. The summed E-state index contributed by atoms with van der Waals surface area (Å²) in [6, 6.07) is 10.4. The van der Waals surface area contributed by atoms with Gasteiger partial charge in [-0.25, -0.2) is 9.97 Å². The Morgan fingerprint density at radius 3 is 2.78 bits per heavy atom. The molecule has 4 aromatic rings. The molecule has 32 heavy (non-hydrogen) atoms. The second-order valence-corrected chi connectivity index (χ2v) is 8.44. The lowest BCUT2D eigenvalue weighted by molar-refractivity contribution is -0.119. The molecule has 0 spiro atoms. The van der Waals surface area contributed by atoms with Gasteiger partial charge in [0.2, 0.25) is 11.8 Å². The molecule has 2 unspecified atom stereocenters. The van der Waals surface area contributed by atoms with Crippen LogP contribution in [0.5, 0.6) is 5.88 Å². The van der Waals surface area contributed by atoms with Crippen LogP contribution in [0.25, 0.3) is 22.2 Å². The van der Waals surface area contributed by atoms with E-state index < -0.39 is 0 Å². The van der Waals surface area contributed by atoms with Crippen LogP contribution in [0, 0.1) is 12.8 Å². The Hall–Kier alpha value is -3.68. The predicted octanol–water partition coefficient (Wildman–Crippen LogP) is 3.09. The second-order valence-electron chi connectivity index (χ2n) is 8.44. The quantitative estimate of drug-likeness (QED) is 0.508. The predicted molar refractivity (Wildman–Crippen MR) is 121 cm³/mol. The van der Waals surface area contributed by atoms with Gasteiger partial charge in [0.1, 0.15) is 11.9 Å². The summed E-state index contributed by atoms with van der Waals surface area (Å²) in [6.45, 7) is 5.40. The zero-order chi connectivity index (χ0) is 22.2. The molecular formula is C24H26N6O2. The molecule has 1 aromatic carbocycles. The smallest absolute Gasteiger partial charge is 0.225 e. The SMILES string of the molecule is Cc1nccn1Cc1ccc(-c2cc3nn(C)cc3c(OC(C)C3CNC(=O)C3)n2)cc1. The topological polar surface area (TPSA) is 86.9 Å². The number of nitrogens with zero attached hydrogens (tertiary/aromatic N) is 5. The van der Waals surface area contributed by atoms with E-state index >= 15 is 0 Å². The van der Waals surface area contributed by atoms with Crippen molar-refractivity contribution in [2.45, 2.75) is 32.9 Å². The van der Waals surface area contributed by atoms with Gasteiger partial charge >= 0.3 is 0 Å². The lowest BCUT2D eigenvalue weighted by Crippen LogP contribution is -2.26. The molecule has 5 rings (SSSR count). The lowest BCUT2D eigenvalue weighted by Gasteiger charge is -2.19. The second kappa shape index (κ2) is 8.11. The van der Waals surface area contributed by atoms with Crippen LogP contribution < -0.4 is 10.1 Å². The number of benzene rings is 1. The molecule has 1 aliphatic rings. The number of hydrogen-bond donors (Lipinski definition) is 1. The van der Waals surface area contributed by atoms with Gasteiger partial charge in [-0.05, 0) is 25.5 Å². The average Bonchev–Trinajstić information content (AvgIpc) is 3.48. The third-order valence-electron chi connectivity index (χ3n) is 6.08. The number of amides is 1. The van der Waals surface area contributed by atoms with Crippen molar-refractivity contribution in [1.82, 2.24) is 29.6 Å². The van der Waals surface area contributed by atoms with Crippen molar-refractivity contribution < 1.29 is 9.53 Å². The minimum atomic E-state index is -0.138. The molecule has 3 aromatic heterocycles. The fourth-order valence-corrected chi connectivity index (χ4v) is 4.13. The van der Waals surface area contributed by atoms with Crippen LogP contribution in [0.4, 0.5) is 0 Å². The number of nitrogens with one attached hydrogen (secondary N) is 1. The minimum Gasteiger partial charge on any atom is -0.474 e. The fourth-order valence-electron chi connectivity index (χ4n) is 4.13. The number of carbonyl (C=O) groups is 1. The third-order valence-corrected chi connectivity index (χ3v) is 6.08. The molecule has 1 saturated heterocycles. The van der Waals surface area contributed by atoms with Crippen molar-refractivity contribution in [3.63, 3.8) is 0 Å². The van der Waals surface area contributed by atoms with Crippen molar-refractivity contribution in [2.75, 3.05) is 6.54 Å². The average molecular weight is 431 g/mol. The normalized spacial score (nSPS) is 17.0. The summed E-state index contributed by atoms with van der Waals surface area (Å²) in [6.07, 6.45) is 6.06. The first-order chi connectivity index (χ1) is 15.5. The molecule has 2 atom stereocenters. The van der Waals surface area contributed by atoms with Crippen molar-refractivity contribution in [2.24, 2.45) is 13.0 Å². The van der Waals surface area contributed by atoms with Gasteiger partial charge in [0.25, 0.3) is 0 Å². The van der Waals surface area contributed by atoms with E-state index in [0.29, 0.717) is 18.8 Å². The number of ether oxygens (including phenoxy) is 1. The number of hydrogen-bond acceptors (Lipinski definition) is 5. The number of pyridine rings is 1. The summed E-state index contributed by atoms with van der Waals surface area (Å²) in [5.41, 5.74) is 3.83. The molecule has 0 aliphatic carbocycles. The maximum absolute atomic E-state index is 11.6. The molecule has 164 valence electrons. The van der Waals surface area contributed by atoms with Gasteiger partial charge in [-0.15, -0.1) is 0 Å². The highest BCUT2D eigenvalue weighted by Gasteiger charge is 2.29. The zero-order valence-electron chi connectivity index (χ0n) is 18.4. The van der Waals surface area contributed by atoms with Gasteiger partial charge in [-0.2, -0.15) is 5.10 Å². The van der Waals surface area contributed by atoms with E-state index in [-0.39, 0.29) is 17.9 Å². The van der Waals surface area contributed by atoms with Crippen molar-refractivity contribution in [3.8, 4) is 17.1 Å². The van der Waals surface area contributed by atoms with E-state index in [1.807, 2.05) is 45.6 Å². The van der Waals surface area contributed by atoms with E-state index in [9.17, 15) is 4.79 Å². The number of carbonyl (C=O) groups excluding carboxylic acids is 1. The van der Waals surface area contributed by atoms with Gasteiger partial charge in [0.15, 0.2) is 0 Å². The number of imidazole rings is 1. The molecule has 0 saturated carbocycles. The van der Waals surface area contributed by atoms with Gasteiger partial charge < -0.3 is 14.6 Å². The number of aromatic nitrogens is 5. The van der Waals surface area contributed by atoms with Crippen LogP contribution >= 0.6 is 0 Å². The standard InChI is InChI=1S/C24H26N6O2/c1-15(19-10-23(31)26-12-19)32-24-20-14-29(3)28-22(20)11-21(27-24)18-6-4-17(5-7-18)13-30-9-8-25-16(30)2/h4-9,11,14-15,19H,10,12-13H2,1-3H3,(H,26,31). The first-order valence-electron chi connectivity index (χ1n) is 10.8. The number of rotatable bonds is 6. The Morgan fingerprint density at radius 1 is 1.28 bits per heavy atom. The van der Waals surface area contributed by atoms with E-state index in [0.717, 1.165) is 34.5 Å². The number of aryl methyl sites for hydroxylation is 2. The Kier molecular flexibility index (Phi) is 5.13. The van der Waals surface area contributed by atoms with Gasteiger partial charge in [-0.3, -0.25) is 9.48 Å². The van der Waals surface area contributed by atoms with Crippen molar-refractivity contribution >= 4 is 16.8 Å². The van der Waals surface area contributed by atoms with Crippen LogP contribution in [0.2, 0.25) is 0 Å². The highest BCUT2D eigenvalue weighted by Crippen LogP contribution is 2.31. The summed E-state index contributed by atoms with van der Waals surface area (Å²) >= 11 is 0. The van der Waals surface area contributed by atoms with Crippen LogP contribution in [0.15, 0.2) is 48.9 Å². The fraction of sp³-hybridized carbons (Fsp3) is 0.333. The van der Waals surface area contributed by atoms with Gasteiger partial charge in [-0.1, -0.05) is 24.3 Å². The lowest BCUT2D eigenvalue weighted by atomic mass is 10.0. The highest BCUT2D eigenvalue weighted by molar-refractivity contribution is 5.86. The van der Waals surface area contributed by atoms with Gasteiger partial charge in [0, 0.05) is 56.6 Å².